The van der Waals surface area contributed by atoms with E-state index in [2.05, 4.69) is 6.58 Å². The lowest BCUT2D eigenvalue weighted by Crippen LogP contribution is -1.74. The summed E-state index contributed by atoms with van der Waals surface area (Å²) in [6.07, 6.45) is 0. The van der Waals surface area contributed by atoms with Crippen molar-refractivity contribution in [3.05, 3.63) is 29.0 Å². The summed E-state index contributed by atoms with van der Waals surface area (Å²) in [6.45, 7) is 3.79. The Bertz CT molecular complexity index is 189. The molecule has 0 nitrogen and oxygen atoms in total. The van der Waals surface area contributed by atoms with E-state index in [-0.39, 0.29) is 0 Å². The molecule has 0 atom stereocenters. The average molecular weight is 159 g/mol. The zero-order chi connectivity index (χ0) is 6.69. The van der Waals surface area contributed by atoms with Crippen molar-refractivity contribution in [2.45, 2.75) is 0 Å². The van der Waals surface area contributed by atoms with Gasteiger partial charge in [0, 0.05) is 10.8 Å². The Morgan fingerprint density at radius 2 is 2.56 bits per heavy atom. The van der Waals surface area contributed by atoms with Crippen molar-refractivity contribution >= 4 is 28.5 Å². The van der Waals surface area contributed by atoms with E-state index in [1.165, 1.54) is 4.88 Å². The van der Waals surface area contributed by atoms with Crippen LogP contribution in [0.1, 0.15) is 4.88 Å². The molecule has 0 saturated heterocycles. The van der Waals surface area contributed by atoms with Crippen LogP contribution in [0.5, 0.6) is 0 Å². The second kappa shape index (κ2) is 3.04. The van der Waals surface area contributed by atoms with Crippen LogP contribution in [-0.2, 0) is 0 Å². The maximum atomic E-state index is 5.55. The Hall–Kier alpha value is -0.270. The third kappa shape index (κ3) is 1.57. The highest BCUT2D eigenvalue weighted by molar-refractivity contribution is 7.11. The topological polar surface area (TPSA) is 0 Å². The van der Waals surface area contributed by atoms with E-state index in [0.717, 1.165) is 5.57 Å². The van der Waals surface area contributed by atoms with Gasteiger partial charge in [0.2, 0.25) is 0 Å². The van der Waals surface area contributed by atoms with Crippen LogP contribution in [0, 0.1) is 0 Å². The zero-order valence-electron chi connectivity index (χ0n) is 4.93. The fraction of sp³-hybridized carbons (Fsp3) is 0.143. The van der Waals surface area contributed by atoms with Crippen LogP contribution in [0.2, 0.25) is 0 Å². The van der Waals surface area contributed by atoms with Gasteiger partial charge in [0.05, 0.1) is 0 Å². The summed E-state index contributed by atoms with van der Waals surface area (Å²) in [7, 11) is 0. The molecule has 0 aromatic carbocycles. The predicted octanol–water partition coefficient (Wildman–Crippen LogP) is 3.00. The van der Waals surface area contributed by atoms with E-state index in [0.29, 0.717) is 5.88 Å². The number of rotatable bonds is 2. The van der Waals surface area contributed by atoms with Crippen LogP contribution >= 0.6 is 22.9 Å². The maximum Gasteiger partial charge on any atom is 0.0482 e. The predicted molar refractivity (Wildman–Crippen MR) is 44.1 cm³/mol. The number of hydrogen-bond donors (Lipinski definition) is 0. The molecule has 2 heteroatoms. The van der Waals surface area contributed by atoms with Crippen LogP contribution in [0.3, 0.4) is 0 Å². The van der Waals surface area contributed by atoms with Gasteiger partial charge in [-0.2, -0.15) is 0 Å². The van der Waals surface area contributed by atoms with E-state index < -0.39 is 0 Å². The SMILES string of the molecule is C=C(CCl)c1cccs1. The highest BCUT2D eigenvalue weighted by Crippen LogP contribution is 2.18. The molecule has 0 spiro atoms. The fourth-order valence-corrected chi connectivity index (χ4v) is 1.47. The fourth-order valence-electron chi connectivity index (χ4n) is 0.546. The summed E-state index contributed by atoms with van der Waals surface area (Å²) in [4.78, 5) is 1.19. The Balaban J connectivity index is 2.77. The highest BCUT2D eigenvalue weighted by Gasteiger charge is 1.94. The molecule has 0 aliphatic rings. The molecule has 0 fully saturated rings. The number of alkyl halides is 1. The number of thiophene rings is 1. The summed E-state index contributed by atoms with van der Waals surface area (Å²) >= 11 is 7.22. The monoisotopic (exact) mass is 158 g/mol. The van der Waals surface area contributed by atoms with Crippen molar-refractivity contribution < 1.29 is 0 Å². The Labute approximate surface area is 63.8 Å². The summed E-state index contributed by atoms with van der Waals surface area (Å²) in [6, 6.07) is 4.02. The van der Waals surface area contributed by atoms with Crippen molar-refractivity contribution in [1.29, 1.82) is 0 Å². The highest BCUT2D eigenvalue weighted by atomic mass is 35.5. The molecule has 0 radical (unpaired) electrons. The molecule has 0 N–H and O–H groups in total. The van der Waals surface area contributed by atoms with E-state index in [1.807, 2.05) is 17.5 Å². The van der Waals surface area contributed by atoms with Crippen LogP contribution in [0.15, 0.2) is 24.1 Å². The molecule has 9 heavy (non-hydrogen) atoms. The van der Waals surface area contributed by atoms with Gasteiger partial charge >= 0.3 is 0 Å². The Morgan fingerprint density at radius 1 is 1.78 bits per heavy atom. The van der Waals surface area contributed by atoms with Gasteiger partial charge < -0.3 is 0 Å². The maximum absolute atomic E-state index is 5.55. The van der Waals surface area contributed by atoms with Gasteiger partial charge in [0.15, 0.2) is 0 Å². The lowest BCUT2D eigenvalue weighted by atomic mass is 10.3. The van der Waals surface area contributed by atoms with Crippen LogP contribution < -0.4 is 0 Å². The molecule has 0 unspecified atom stereocenters. The second-order valence-electron chi connectivity index (χ2n) is 1.71. The third-order valence-electron chi connectivity index (χ3n) is 1.03. The quantitative estimate of drug-likeness (QED) is 0.581. The van der Waals surface area contributed by atoms with E-state index in [9.17, 15) is 0 Å². The molecule has 1 rings (SSSR count). The number of allylic oxidation sites excluding steroid dienone is 1. The van der Waals surface area contributed by atoms with Crippen molar-refractivity contribution in [2.24, 2.45) is 0 Å². The molecule has 1 heterocycles. The van der Waals surface area contributed by atoms with Crippen molar-refractivity contribution in [1.82, 2.24) is 0 Å². The minimum atomic E-state index is 0.528. The summed E-state index contributed by atoms with van der Waals surface area (Å²) in [5.41, 5.74) is 1.01. The van der Waals surface area contributed by atoms with E-state index in [4.69, 9.17) is 11.6 Å². The third-order valence-corrected chi connectivity index (χ3v) is 2.33. The Kier molecular flexibility index (Phi) is 2.31. The largest absolute Gasteiger partial charge is 0.144 e. The van der Waals surface area contributed by atoms with Gasteiger partial charge in [-0.25, -0.2) is 0 Å². The molecule has 0 amide bonds. The minimum Gasteiger partial charge on any atom is -0.144 e. The van der Waals surface area contributed by atoms with Crippen molar-refractivity contribution in [3.63, 3.8) is 0 Å². The lowest BCUT2D eigenvalue weighted by molar-refractivity contribution is 1.75. The van der Waals surface area contributed by atoms with Gasteiger partial charge in [-0.3, -0.25) is 0 Å². The standard InChI is InChI=1S/C7H7ClS/c1-6(5-8)7-3-2-4-9-7/h2-4H,1,5H2. The first-order valence-corrected chi connectivity index (χ1v) is 4.03. The molecule has 0 saturated carbocycles. The van der Waals surface area contributed by atoms with Crippen LogP contribution in [0.25, 0.3) is 5.57 Å². The van der Waals surface area contributed by atoms with Gasteiger partial charge in [-0.1, -0.05) is 12.6 Å². The molecule has 0 bridgehead atoms. The summed E-state index contributed by atoms with van der Waals surface area (Å²) in [5.74, 6) is 0.528. The van der Waals surface area contributed by atoms with E-state index in [1.54, 1.807) is 11.3 Å². The summed E-state index contributed by atoms with van der Waals surface area (Å²) in [5, 5.41) is 2.02. The van der Waals surface area contributed by atoms with Gasteiger partial charge in [0.25, 0.3) is 0 Å². The zero-order valence-corrected chi connectivity index (χ0v) is 6.50. The molecule has 1 aromatic heterocycles. The summed E-state index contributed by atoms with van der Waals surface area (Å²) < 4.78 is 0. The minimum absolute atomic E-state index is 0.528. The molecular weight excluding hydrogens is 152 g/mol. The molecule has 1 aromatic rings. The van der Waals surface area contributed by atoms with E-state index >= 15 is 0 Å². The number of hydrogen-bond acceptors (Lipinski definition) is 1. The second-order valence-corrected chi connectivity index (χ2v) is 2.93. The normalized spacial score (nSPS) is 9.44. The number of halogens is 1. The molecule has 0 aliphatic heterocycles. The van der Waals surface area contributed by atoms with Gasteiger partial charge in [0.1, 0.15) is 0 Å². The van der Waals surface area contributed by atoms with Gasteiger partial charge in [-0.05, 0) is 17.0 Å². The first kappa shape index (κ1) is 6.84. The first-order chi connectivity index (χ1) is 4.34. The van der Waals surface area contributed by atoms with Gasteiger partial charge in [-0.15, -0.1) is 22.9 Å². The molecular formula is C7H7ClS. The van der Waals surface area contributed by atoms with Crippen LogP contribution in [0.4, 0.5) is 0 Å². The first-order valence-electron chi connectivity index (χ1n) is 2.62. The smallest absolute Gasteiger partial charge is 0.0482 e. The van der Waals surface area contributed by atoms with Crippen molar-refractivity contribution in [3.8, 4) is 0 Å². The molecule has 0 aliphatic carbocycles. The average Bonchev–Trinajstić information content (AvgIpc) is 2.37. The van der Waals surface area contributed by atoms with Crippen molar-refractivity contribution in [2.75, 3.05) is 5.88 Å². The lowest BCUT2D eigenvalue weighted by Gasteiger charge is -1.92. The van der Waals surface area contributed by atoms with Crippen LogP contribution in [-0.4, -0.2) is 5.88 Å². The molecule has 48 valence electrons. The Morgan fingerprint density at radius 3 is 3.00 bits per heavy atom.